The van der Waals surface area contributed by atoms with Gasteiger partial charge in [0.25, 0.3) is 0 Å². The van der Waals surface area contributed by atoms with Gasteiger partial charge >= 0.3 is 0 Å². The fraction of sp³-hybridized carbons (Fsp3) is 0.464. The highest BCUT2D eigenvalue weighted by Crippen LogP contribution is 2.31. The first-order valence-electron chi connectivity index (χ1n) is 13.0. The maximum atomic E-state index is 6.19. The molecule has 0 radical (unpaired) electrons. The number of hydrogen-bond acceptors (Lipinski definition) is 7. The Morgan fingerprint density at radius 2 is 1.62 bits per heavy atom. The van der Waals surface area contributed by atoms with Crippen LogP contribution >= 0.6 is 0 Å². The molecule has 0 aliphatic carbocycles. The van der Waals surface area contributed by atoms with E-state index >= 15 is 0 Å². The summed E-state index contributed by atoms with van der Waals surface area (Å²) in [6.45, 7) is 12.9. The summed E-state index contributed by atoms with van der Waals surface area (Å²) in [5.74, 6) is 1.02. The molecule has 0 amide bonds. The lowest BCUT2D eigenvalue weighted by molar-refractivity contribution is -0.271. The van der Waals surface area contributed by atoms with Gasteiger partial charge in [-0.2, -0.15) is 10.3 Å². The number of benzene rings is 2. The largest absolute Gasteiger partial charge is 0.341 e. The van der Waals surface area contributed by atoms with Gasteiger partial charge in [-0.15, -0.1) is 10.2 Å². The van der Waals surface area contributed by atoms with Gasteiger partial charge in [-0.1, -0.05) is 61.9 Å². The molecule has 1 N–H and O–H groups in total. The first-order chi connectivity index (χ1) is 17.8. The maximum Gasteiger partial charge on any atom is 0.229 e. The van der Waals surface area contributed by atoms with Gasteiger partial charge in [0.1, 0.15) is 5.82 Å². The number of aromatic amines is 1. The summed E-state index contributed by atoms with van der Waals surface area (Å²) in [7, 11) is 0. The van der Waals surface area contributed by atoms with E-state index in [1.807, 2.05) is 57.5 Å². The Balaban J connectivity index is 1.62. The fourth-order valence-corrected chi connectivity index (χ4v) is 4.41. The molecule has 4 rings (SSSR count). The highest BCUT2D eigenvalue weighted by atomic mass is 16.7. The third-order valence-electron chi connectivity index (χ3n) is 5.94. The molecule has 0 fully saturated rings. The van der Waals surface area contributed by atoms with E-state index in [4.69, 9.17) is 19.6 Å². The molecule has 2 aromatic heterocycles. The van der Waals surface area contributed by atoms with Gasteiger partial charge in [0.05, 0.1) is 12.2 Å². The molecular weight excluding hydrogens is 466 g/mol. The average molecular weight is 504 g/mol. The monoisotopic (exact) mass is 503 g/mol. The first kappa shape index (κ1) is 26.6. The number of aromatic nitrogens is 7. The molecule has 2 aromatic carbocycles. The molecule has 196 valence electrons. The molecular formula is C28H37N7O2. The Morgan fingerprint density at radius 1 is 0.946 bits per heavy atom. The van der Waals surface area contributed by atoms with Crippen molar-refractivity contribution in [2.24, 2.45) is 0 Å². The fourth-order valence-electron chi connectivity index (χ4n) is 4.41. The smallest absolute Gasteiger partial charge is 0.229 e. The van der Waals surface area contributed by atoms with Crippen LogP contribution in [0.25, 0.3) is 22.5 Å². The summed E-state index contributed by atoms with van der Waals surface area (Å²) in [4.78, 5) is 4.94. The van der Waals surface area contributed by atoms with Crippen LogP contribution in [0.5, 0.6) is 0 Å². The van der Waals surface area contributed by atoms with Crippen LogP contribution in [0, 0.1) is 0 Å². The molecule has 0 spiro atoms. The van der Waals surface area contributed by atoms with Crippen LogP contribution in [-0.4, -0.2) is 47.6 Å². The molecule has 0 saturated heterocycles. The van der Waals surface area contributed by atoms with Crippen molar-refractivity contribution in [3.05, 3.63) is 65.7 Å². The van der Waals surface area contributed by atoms with E-state index in [1.54, 1.807) is 0 Å². The van der Waals surface area contributed by atoms with Crippen LogP contribution in [0.1, 0.15) is 71.6 Å². The summed E-state index contributed by atoms with van der Waals surface area (Å²) in [6, 6.07) is 16.6. The summed E-state index contributed by atoms with van der Waals surface area (Å²) in [5.41, 5.74) is 4.22. The Labute approximate surface area is 218 Å². The van der Waals surface area contributed by atoms with E-state index in [1.165, 1.54) is 0 Å². The predicted octanol–water partition coefficient (Wildman–Crippen LogP) is 5.54. The Hall–Kier alpha value is -3.43. The number of hydrogen-bond donors (Lipinski definition) is 1. The van der Waals surface area contributed by atoms with Crippen molar-refractivity contribution in [2.75, 3.05) is 0 Å². The van der Waals surface area contributed by atoms with E-state index in [0.29, 0.717) is 18.1 Å². The van der Waals surface area contributed by atoms with Crippen molar-refractivity contribution in [1.29, 1.82) is 0 Å². The molecule has 0 aliphatic rings. The van der Waals surface area contributed by atoms with E-state index < -0.39 is 5.79 Å². The molecule has 0 unspecified atom stereocenters. The quantitative estimate of drug-likeness (QED) is 0.253. The molecule has 2 heterocycles. The van der Waals surface area contributed by atoms with E-state index in [9.17, 15) is 0 Å². The summed E-state index contributed by atoms with van der Waals surface area (Å²) < 4.78 is 14.4. The second-order valence-corrected chi connectivity index (χ2v) is 9.86. The number of H-pyrrole nitrogens is 1. The van der Waals surface area contributed by atoms with Crippen molar-refractivity contribution in [3.63, 3.8) is 0 Å². The Kier molecular flexibility index (Phi) is 8.45. The maximum absolute atomic E-state index is 6.19. The van der Waals surface area contributed by atoms with Crippen LogP contribution in [-0.2, 0) is 28.2 Å². The second-order valence-electron chi connectivity index (χ2n) is 9.86. The van der Waals surface area contributed by atoms with Crippen molar-refractivity contribution in [1.82, 2.24) is 35.4 Å². The van der Waals surface area contributed by atoms with Gasteiger partial charge in [-0.25, -0.2) is 9.67 Å². The lowest BCUT2D eigenvalue weighted by Crippen LogP contribution is -2.36. The number of nitrogens with zero attached hydrogens (tertiary/aromatic N) is 6. The van der Waals surface area contributed by atoms with Crippen molar-refractivity contribution in [3.8, 4) is 22.5 Å². The van der Waals surface area contributed by atoms with E-state index in [0.717, 1.165) is 47.5 Å². The zero-order valence-corrected chi connectivity index (χ0v) is 22.6. The van der Waals surface area contributed by atoms with Crippen molar-refractivity contribution < 1.29 is 9.47 Å². The normalized spacial score (nSPS) is 12.1. The summed E-state index contributed by atoms with van der Waals surface area (Å²) in [5, 5.41) is 19.4. The zero-order valence-electron chi connectivity index (χ0n) is 22.6. The lowest BCUT2D eigenvalue weighted by Gasteiger charge is -2.31. The molecule has 4 aromatic rings. The number of ether oxygens (including phenoxy) is 2. The first-order valence-corrected chi connectivity index (χ1v) is 13.0. The number of rotatable bonds is 12. The van der Waals surface area contributed by atoms with Gasteiger partial charge in [-0.05, 0) is 62.9 Å². The minimum Gasteiger partial charge on any atom is -0.341 e. The van der Waals surface area contributed by atoms with E-state index in [2.05, 4.69) is 57.9 Å². The highest BCUT2D eigenvalue weighted by Gasteiger charge is 2.36. The van der Waals surface area contributed by atoms with Gasteiger partial charge in [0.2, 0.25) is 17.4 Å². The van der Waals surface area contributed by atoms with Crippen LogP contribution < -0.4 is 0 Å². The van der Waals surface area contributed by atoms with Gasteiger partial charge < -0.3 is 9.47 Å². The highest BCUT2D eigenvalue weighted by molar-refractivity contribution is 5.80. The van der Waals surface area contributed by atoms with Gasteiger partial charge in [-0.3, -0.25) is 0 Å². The van der Waals surface area contributed by atoms with Crippen LogP contribution in [0.2, 0.25) is 0 Å². The molecule has 9 nitrogen and oxygen atoms in total. The zero-order chi connectivity index (χ0) is 26.4. The number of aryl methyl sites for hydroxylation is 1. The molecule has 0 bridgehead atoms. The lowest BCUT2D eigenvalue weighted by atomic mass is 9.98. The summed E-state index contributed by atoms with van der Waals surface area (Å²) >= 11 is 0. The predicted molar refractivity (Wildman–Crippen MR) is 143 cm³/mol. The molecule has 9 heteroatoms. The Morgan fingerprint density at radius 3 is 2.22 bits per heavy atom. The SMILES string of the molecule is CCCCn1nc(C(C)(OC(C)C)OC(C)C)nc1Cc1ccc(-c2ccccc2-c2nn[nH]n2)cc1. The standard InChI is InChI=1S/C28H37N7O2/c1-7-8-17-35-25(29-27(32-35)28(6,36-19(2)3)37-20(4)5)18-21-13-15-22(16-14-21)23-11-9-10-12-24(23)26-30-33-34-31-26/h9-16,19-20H,7-8,17-18H2,1-6H3,(H,30,31,33,34). The Bertz CT molecular complexity index is 1250. The number of unbranched alkanes of at least 4 members (excludes halogenated alkanes) is 1. The van der Waals surface area contributed by atoms with Crippen LogP contribution in [0.15, 0.2) is 48.5 Å². The third kappa shape index (κ3) is 6.47. The van der Waals surface area contributed by atoms with Crippen molar-refractivity contribution in [2.45, 2.75) is 85.3 Å². The third-order valence-corrected chi connectivity index (χ3v) is 5.94. The topological polar surface area (TPSA) is 104 Å². The average Bonchev–Trinajstić information content (AvgIpc) is 3.53. The second kappa shape index (κ2) is 11.7. The number of tetrazole rings is 1. The number of nitrogens with one attached hydrogen (secondary N) is 1. The minimum absolute atomic E-state index is 0.0299. The van der Waals surface area contributed by atoms with Crippen LogP contribution in [0.4, 0.5) is 0 Å². The molecule has 37 heavy (non-hydrogen) atoms. The molecule has 0 aliphatic heterocycles. The van der Waals surface area contributed by atoms with Gasteiger partial charge in [0.15, 0.2) is 0 Å². The minimum atomic E-state index is -1.02. The molecule has 0 saturated carbocycles. The van der Waals surface area contributed by atoms with Gasteiger partial charge in [0, 0.05) is 18.5 Å². The van der Waals surface area contributed by atoms with E-state index in [-0.39, 0.29) is 12.2 Å². The van der Waals surface area contributed by atoms with Crippen molar-refractivity contribution >= 4 is 0 Å². The molecule has 0 atom stereocenters. The summed E-state index contributed by atoms with van der Waals surface area (Å²) in [6.07, 6.45) is 2.69. The van der Waals surface area contributed by atoms with Crippen LogP contribution in [0.3, 0.4) is 0 Å².